The van der Waals surface area contributed by atoms with E-state index in [0.717, 1.165) is 11.1 Å². The summed E-state index contributed by atoms with van der Waals surface area (Å²) in [5, 5.41) is 6.78. The molecule has 1 aliphatic heterocycles. The van der Waals surface area contributed by atoms with Crippen LogP contribution in [0.25, 0.3) is 17.1 Å². The number of nitrogens with two attached hydrogens (primary N) is 1. The summed E-state index contributed by atoms with van der Waals surface area (Å²) in [7, 11) is -0.363. The minimum atomic E-state index is -0.363. The van der Waals surface area contributed by atoms with Crippen LogP contribution in [0.1, 0.15) is 33.3 Å². The third-order valence-electron chi connectivity index (χ3n) is 4.17. The van der Waals surface area contributed by atoms with Gasteiger partial charge in [-0.05, 0) is 39.3 Å². The largest absolute Gasteiger partial charge is 0.487 e. The summed E-state index contributed by atoms with van der Waals surface area (Å²) in [4.78, 5) is 4.29. The fourth-order valence-electron chi connectivity index (χ4n) is 2.19. The topological polar surface area (TPSA) is 86.0 Å². The van der Waals surface area contributed by atoms with E-state index in [0.29, 0.717) is 11.3 Å². The summed E-state index contributed by atoms with van der Waals surface area (Å²) in [6.07, 6.45) is 3.67. The minimum absolute atomic E-state index is 0.331. The zero-order valence-corrected chi connectivity index (χ0v) is 12.7. The van der Waals surface area contributed by atoms with Gasteiger partial charge >= 0.3 is 7.12 Å². The maximum Gasteiger partial charge on any atom is 0.487 e. The molecule has 0 bridgehead atoms. The number of aromatic nitrogens is 3. The molecule has 110 valence electrons. The fraction of sp³-hybridized carbons (Fsp3) is 0.429. The second-order valence-electron chi connectivity index (χ2n) is 6.26. The maximum atomic E-state index is 5.91. The second-order valence-corrected chi connectivity index (χ2v) is 6.26. The van der Waals surface area contributed by atoms with Crippen molar-refractivity contribution < 1.29 is 9.31 Å². The van der Waals surface area contributed by atoms with Crippen LogP contribution < -0.4 is 5.73 Å². The van der Waals surface area contributed by atoms with Gasteiger partial charge in [-0.15, -0.1) is 0 Å². The van der Waals surface area contributed by atoms with Gasteiger partial charge in [0, 0.05) is 6.20 Å². The summed E-state index contributed by atoms with van der Waals surface area (Å²) in [6, 6.07) is 1.94. The molecule has 0 saturated carbocycles. The molecule has 3 rings (SSSR count). The molecule has 21 heavy (non-hydrogen) atoms. The lowest BCUT2D eigenvalue weighted by Crippen LogP contribution is -2.41. The Balaban J connectivity index is 1.79. The molecule has 6 nitrogen and oxygen atoms in total. The van der Waals surface area contributed by atoms with Crippen LogP contribution in [0.3, 0.4) is 0 Å². The number of nitrogens with zero attached hydrogens (tertiary/aromatic N) is 2. The zero-order chi connectivity index (χ0) is 15.3. The summed E-state index contributed by atoms with van der Waals surface area (Å²) >= 11 is 0. The van der Waals surface area contributed by atoms with Crippen LogP contribution >= 0.6 is 0 Å². The third kappa shape index (κ3) is 2.43. The quantitative estimate of drug-likeness (QED) is 0.826. The van der Waals surface area contributed by atoms with Crippen molar-refractivity contribution in [3.8, 4) is 0 Å². The van der Waals surface area contributed by atoms with E-state index in [1.54, 1.807) is 6.20 Å². The number of hydrogen-bond acceptors (Lipinski definition) is 5. The molecule has 2 aromatic rings. The molecule has 3 N–H and O–H groups in total. The molecule has 7 heteroatoms. The lowest BCUT2D eigenvalue weighted by Gasteiger charge is -2.32. The summed E-state index contributed by atoms with van der Waals surface area (Å²) < 4.78 is 11.8. The second kappa shape index (κ2) is 4.57. The molecule has 0 unspecified atom stereocenters. The Hall–Kier alpha value is -1.86. The smallest absolute Gasteiger partial charge is 0.400 e. The van der Waals surface area contributed by atoms with E-state index in [4.69, 9.17) is 15.0 Å². The highest BCUT2D eigenvalue weighted by Gasteiger charge is 2.49. The van der Waals surface area contributed by atoms with E-state index in [-0.39, 0.29) is 18.3 Å². The molecule has 1 saturated heterocycles. The van der Waals surface area contributed by atoms with Gasteiger partial charge in [0.2, 0.25) is 0 Å². The van der Waals surface area contributed by atoms with E-state index in [2.05, 4.69) is 15.2 Å². The minimum Gasteiger partial charge on any atom is -0.400 e. The summed E-state index contributed by atoms with van der Waals surface area (Å²) in [5.41, 5.74) is 7.46. The van der Waals surface area contributed by atoms with E-state index < -0.39 is 0 Å². The van der Waals surface area contributed by atoms with Gasteiger partial charge < -0.3 is 15.0 Å². The first-order valence-corrected chi connectivity index (χ1v) is 6.92. The Kier molecular flexibility index (Phi) is 3.07. The maximum absolute atomic E-state index is 5.91. The first kappa shape index (κ1) is 14.1. The van der Waals surface area contributed by atoms with Gasteiger partial charge in [-0.1, -0.05) is 12.1 Å². The van der Waals surface area contributed by atoms with Gasteiger partial charge in [-0.2, -0.15) is 5.10 Å². The zero-order valence-electron chi connectivity index (χ0n) is 12.7. The molecule has 0 aliphatic carbocycles. The average molecular weight is 286 g/mol. The molecule has 0 amide bonds. The monoisotopic (exact) mass is 286 g/mol. The Bertz CT molecular complexity index is 692. The molecule has 0 atom stereocenters. The highest BCUT2D eigenvalue weighted by atomic mass is 16.7. The highest BCUT2D eigenvalue weighted by molar-refractivity contribution is 6.52. The number of aromatic amines is 1. The number of anilines is 1. The van der Waals surface area contributed by atoms with Crippen molar-refractivity contribution in [3.63, 3.8) is 0 Å². The van der Waals surface area contributed by atoms with Gasteiger partial charge in [0.15, 0.2) is 5.82 Å². The molecule has 1 aliphatic rings. The lowest BCUT2D eigenvalue weighted by molar-refractivity contribution is 0.00578. The lowest BCUT2D eigenvalue weighted by atomic mass is 9.89. The predicted molar refractivity (Wildman–Crippen MR) is 83.4 cm³/mol. The van der Waals surface area contributed by atoms with Crippen molar-refractivity contribution in [1.29, 1.82) is 0 Å². The van der Waals surface area contributed by atoms with Gasteiger partial charge in [-0.25, -0.2) is 0 Å². The Morgan fingerprint density at radius 3 is 2.57 bits per heavy atom. The van der Waals surface area contributed by atoms with Gasteiger partial charge in [-0.3, -0.25) is 10.1 Å². The Morgan fingerprint density at radius 1 is 1.24 bits per heavy atom. The molecule has 1 fully saturated rings. The molecule has 0 aromatic carbocycles. The van der Waals surface area contributed by atoms with Crippen molar-refractivity contribution in [3.05, 3.63) is 23.8 Å². The highest BCUT2D eigenvalue weighted by Crippen LogP contribution is 2.37. The Morgan fingerprint density at radius 2 is 1.90 bits per heavy atom. The van der Waals surface area contributed by atoms with Crippen LogP contribution in [-0.4, -0.2) is 33.5 Å². The number of fused-ring (bicyclic) bond motifs is 1. The fourth-order valence-corrected chi connectivity index (χ4v) is 2.19. The SMILES string of the molecule is CC1(C)OB(/C=C/c2cnc3c(N)n[nH]c3c2)OC1(C)C. The molecular formula is C14H19BN4O2. The van der Waals surface area contributed by atoms with Crippen LogP contribution in [-0.2, 0) is 9.31 Å². The van der Waals surface area contributed by atoms with Crippen LogP contribution in [0.2, 0.25) is 0 Å². The van der Waals surface area contributed by atoms with Gasteiger partial charge in [0.25, 0.3) is 0 Å². The molecule has 2 aromatic heterocycles. The molecule has 3 heterocycles. The van der Waals surface area contributed by atoms with Crippen LogP contribution in [0.5, 0.6) is 0 Å². The van der Waals surface area contributed by atoms with Gasteiger partial charge in [0.05, 0.1) is 16.7 Å². The average Bonchev–Trinajstić information content (AvgIpc) is 2.85. The van der Waals surface area contributed by atoms with Crippen LogP contribution in [0.4, 0.5) is 5.82 Å². The Labute approximate surface area is 123 Å². The summed E-state index contributed by atoms with van der Waals surface area (Å²) in [6.45, 7) is 8.12. The van der Waals surface area contributed by atoms with Crippen molar-refractivity contribution >= 4 is 30.0 Å². The normalized spacial score (nSPS) is 20.7. The van der Waals surface area contributed by atoms with Gasteiger partial charge in [0.1, 0.15) is 5.52 Å². The van der Waals surface area contributed by atoms with Crippen molar-refractivity contribution in [2.75, 3.05) is 5.73 Å². The van der Waals surface area contributed by atoms with Crippen molar-refractivity contribution in [1.82, 2.24) is 15.2 Å². The molecule has 0 radical (unpaired) electrons. The van der Waals surface area contributed by atoms with E-state index >= 15 is 0 Å². The molecular weight excluding hydrogens is 267 g/mol. The number of nitrogen functional groups attached to an aromatic ring is 1. The number of H-pyrrole nitrogens is 1. The van der Waals surface area contributed by atoms with E-state index in [1.807, 2.05) is 45.8 Å². The van der Waals surface area contributed by atoms with Crippen molar-refractivity contribution in [2.24, 2.45) is 0 Å². The third-order valence-corrected chi connectivity index (χ3v) is 4.17. The number of nitrogens with one attached hydrogen (secondary N) is 1. The first-order valence-electron chi connectivity index (χ1n) is 6.92. The van der Waals surface area contributed by atoms with Crippen LogP contribution in [0, 0.1) is 0 Å². The van der Waals surface area contributed by atoms with Crippen LogP contribution in [0.15, 0.2) is 18.2 Å². The number of hydrogen-bond donors (Lipinski definition) is 2. The number of rotatable bonds is 2. The van der Waals surface area contributed by atoms with E-state index in [9.17, 15) is 0 Å². The first-order chi connectivity index (χ1) is 9.78. The number of pyridine rings is 1. The molecule has 0 spiro atoms. The summed E-state index contributed by atoms with van der Waals surface area (Å²) in [5.74, 6) is 2.30. The van der Waals surface area contributed by atoms with Crippen molar-refractivity contribution in [2.45, 2.75) is 38.9 Å². The standard InChI is InChI=1S/C14H19BN4O2/c1-13(2)14(3,4)21-15(20-13)6-5-9-7-10-11(17-8-9)12(16)19-18-10/h5-8H,1-4H3,(H3,16,18,19)/b6-5+. The predicted octanol–water partition coefficient (Wildman–Crippen LogP) is 2.18. The van der Waals surface area contributed by atoms with E-state index in [1.165, 1.54) is 0 Å².